The average Bonchev–Trinajstić information content (AvgIpc) is 2.63. The molecule has 2 aromatic carbocycles. The van der Waals surface area contributed by atoms with Gasteiger partial charge in [0.25, 0.3) is 5.91 Å². The summed E-state index contributed by atoms with van der Waals surface area (Å²) in [6.45, 7) is 0. The topological polar surface area (TPSA) is 40.5 Å². The fourth-order valence-electron chi connectivity index (χ4n) is 2.52. The van der Waals surface area contributed by atoms with Gasteiger partial charge >= 0.3 is 0 Å². The Hall–Kier alpha value is -1.65. The molecular weight excluding hydrogens is 306 g/mol. The van der Waals surface area contributed by atoms with Crippen LogP contribution >= 0.6 is 15.9 Å². The molecular formula is C15H12BrNO2. The lowest BCUT2D eigenvalue weighted by Gasteiger charge is -2.22. The van der Waals surface area contributed by atoms with E-state index < -0.39 is 5.60 Å². The van der Waals surface area contributed by atoms with Crippen LogP contribution in [-0.2, 0) is 10.4 Å². The van der Waals surface area contributed by atoms with E-state index in [9.17, 15) is 9.90 Å². The number of hydrogen-bond donors (Lipinski definition) is 1. The molecule has 1 aliphatic heterocycles. The minimum atomic E-state index is -1.60. The first-order valence-electron chi connectivity index (χ1n) is 5.91. The summed E-state index contributed by atoms with van der Waals surface area (Å²) >= 11 is 3.39. The number of amides is 1. The molecule has 1 amide bonds. The summed E-state index contributed by atoms with van der Waals surface area (Å²) in [4.78, 5) is 14.0. The fourth-order valence-corrected chi connectivity index (χ4v) is 2.88. The highest BCUT2D eigenvalue weighted by Gasteiger charge is 2.49. The number of halogens is 1. The van der Waals surface area contributed by atoms with Crippen molar-refractivity contribution in [1.29, 1.82) is 0 Å². The van der Waals surface area contributed by atoms with E-state index in [1.807, 2.05) is 30.3 Å². The van der Waals surface area contributed by atoms with Gasteiger partial charge in [-0.15, -0.1) is 0 Å². The molecule has 0 aromatic heterocycles. The van der Waals surface area contributed by atoms with Crippen LogP contribution < -0.4 is 4.90 Å². The first-order chi connectivity index (χ1) is 9.05. The Labute approximate surface area is 119 Å². The van der Waals surface area contributed by atoms with Crippen LogP contribution in [0, 0.1) is 0 Å². The number of rotatable bonds is 1. The summed E-state index contributed by atoms with van der Waals surface area (Å²) in [6, 6.07) is 14.5. The van der Waals surface area contributed by atoms with Gasteiger partial charge in [-0.2, -0.15) is 0 Å². The first-order valence-corrected chi connectivity index (χ1v) is 6.70. The number of anilines is 1. The maximum absolute atomic E-state index is 12.5. The van der Waals surface area contributed by atoms with Gasteiger partial charge in [0.1, 0.15) is 0 Å². The third-order valence-electron chi connectivity index (χ3n) is 3.52. The average molecular weight is 318 g/mol. The van der Waals surface area contributed by atoms with E-state index >= 15 is 0 Å². The Bertz CT molecular complexity index is 656. The first kappa shape index (κ1) is 12.4. The number of aliphatic hydroxyl groups is 1. The van der Waals surface area contributed by atoms with Crippen LogP contribution in [0.2, 0.25) is 0 Å². The third-order valence-corrected chi connectivity index (χ3v) is 4.01. The van der Waals surface area contributed by atoms with Gasteiger partial charge in [0, 0.05) is 17.1 Å². The Morgan fingerprint density at radius 2 is 1.84 bits per heavy atom. The van der Waals surface area contributed by atoms with Gasteiger partial charge in [0.05, 0.1) is 5.69 Å². The third kappa shape index (κ3) is 1.64. The van der Waals surface area contributed by atoms with E-state index in [0.29, 0.717) is 11.1 Å². The molecule has 0 saturated heterocycles. The Morgan fingerprint density at radius 1 is 1.16 bits per heavy atom. The predicted molar refractivity (Wildman–Crippen MR) is 77.0 cm³/mol. The van der Waals surface area contributed by atoms with Crippen molar-refractivity contribution in [3.8, 4) is 0 Å². The van der Waals surface area contributed by atoms with E-state index in [1.54, 1.807) is 25.2 Å². The second-order valence-electron chi connectivity index (χ2n) is 4.60. The zero-order valence-electron chi connectivity index (χ0n) is 10.3. The molecule has 0 bridgehead atoms. The monoisotopic (exact) mass is 317 g/mol. The lowest BCUT2D eigenvalue weighted by atomic mass is 9.88. The molecule has 1 heterocycles. The standard InChI is InChI=1S/C15H12BrNO2/c1-17-13-8-7-11(16)9-12(13)15(19,14(17)18)10-5-3-2-4-6-10/h2-9,19H,1H3. The Balaban J connectivity index is 2.29. The molecule has 96 valence electrons. The van der Waals surface area contributed by atoms with Crippen molar-refractivity contribution < 1.29 is 9.90 Å². The van der Waals surface area contributed by atoms with Crippen LogP contribution in [0.1, 0.15) is 11.1 Å². The van der Waals surface area contributed by atoms with Crippen molar-refractivity contribution >= 4 is 27.5 Å². The van der Waals surface area contributed by atoms with Gasteiger partial charge in [-0.1, -0.05) is 46.3 Å². The van der Waals surface area contributed by atoms with Crippen LogP contribution in [0.15, 0.2) is 53.0 Å². The molecule has 1 N–H and O–H groups in total. The maximum Gasteiger partial charge on any atom is 0.268 e. The molecule has 2 aromatic rings. The van der Waals surface area contributed by atoms with Gasteiger partial charge < -0.3 is 10.0 Å². The van der Waals surface area contributed by atoms with Gasteiger partial charge in [0.15, 0.2) is 5.60 Å². The number of likely N-dealkylation sites (N-methyl/N-ethyl adjacent to an activating group) is 1. The number of carbonyl (C=O) groups is 1. The van der Waals surface area contributed by atoms with Crippen LogP contribution in [0.3, 0.4) is 0 Å². The van der Waals surface area contributed by atoms with Crippen molar-refractivity contribution in [1.82, 2.24) is 0 Å². The van der Waals surface area contributed by atoms with Gasteiger partial charge in [-0.25, -0.2) is 0 Å². The van der Waals surface area contributed by atoms with Gasteiger partial charge in [-0.05, 0) is 23.8 Å². The lowest BCUT2D eigenvalue weighted by molar-refractivity contribution is -0.131. The Kier molecular flexibility index (Phi) is 2.73. The van der Waals surface area contributed by atoms with Crippen molar-refractivity contribution in [3.63, 3.8) is 0 Å². The van der Waals surface area contributed by atoms with Gasteiger partial charge in [0.2, 0.25) is 0 Å². The molecule has 0 saturated carbocycles. The van der Waals surface area contributed by atoms with Crippen molar-refractivity contribution in [2.45, 2.75) is 5.60 Å². The summed E-state index contributed by atoms with van der Waals surface area (Å²) in [5, 5.41) is 11.0. The summed E-state index contributed by atoms with van der Waals surface area (Å²) in [5.74, 6) is -0.327. The summed E-state index contributed by atoms with van der Waals surface area (Å²) in [6.07, 6.45) is 0. The van der Waals surface area contributed by atoms with E-state index in [2.05, 4.69) is 15.9 Å². The summed E-state index contributed by atoms with van der Waals surface area (Å²) < 4.78 is 0.837. The molecule has 1 atom stereocenters. The normalized spacial score (nSPS) is 21.6. The maximum atomic E-state index is 12.5. The van der Waals surface area contributed by atoms with Crippen LogP contribution in [0.4, 0.5) is 5.69 Å². The van der Waals surface area contributed by atoms with Crippen LogP contribution in [0.25, 0.3) is 0 Å². The minimum absolute atomic E-state index is 0.327. The second kappa shape index (κ2) is 4.18. The van der Waals surface area contributed by atoms with Gasteiger partial charge in [-0.3, -0.25) is 4.79 Å². The van der Waals surface area contributed by atoms with Crippen molar-refractivity contribution in [2.75, 3.05) is 11.9 Å². The molecule has 0 fully saturated rings. The molecule has 0 aliphatic carbocycles. The highest BCUT2D eigenvalue weighted by Crippen LogP contribution is 2.44. The molecule has 4 heteroatoms. The highest BCUT2D eigenvalue weighted by atomic mass is 79.9. The molecule has 19 heavy (non-hydrogen) atoms. The number of benzene rings is 2. The SMILES string of the molecule is CN1C(=O)C(O)(c2ccccc2)c2cc(Br)ccc21. The lowest BCUT2D eigenvalue weighted by Crippen LogP contribution is -2.39. The summed E-state index contributed by atoms with van der Waals surface area (Å²) in [5.41, 5.74) is 0.332. The van der Waals surface area contributed by atoms with E-state index in [-0.39, 0.29) is 5.91 Å². The highest BCUT2D eigenvalue weighted by molar-refractivity contribution is 9.10. The molecule has 1 aliphatic rings. The number of nitrogens with zero attached hydrogens (tertiary/aromatic N) is 1. The number of hydrogen-bond acceptors (Lipinski definition) is 2. The van der Waals surface area contributed by atoms with Crippen molar-refractivity contribution in [3.05, 3.63) is 64.1 Å². The second-order valence-corrected chi connectivity index (χ2v) is 5.52. The predicted octanol–water partition coefficient (Wildman–Crippen LogP) is 2.66. The van der Waals surface area contributed by atoms with Crippen molar-refractivity contribution in [2.24, 2.45) is 0 Å². The minimum Gasteiger partial charge on any atom is -0.372 e. The van der Waals surface area contributed by atoms with Crippen LogP contribution in [-0.4, -0.2) is 18.1 Å². The molecule has 3 rings (SSSR count). The smallest absolute Gasteiger partial charge is 0.268 e. The zero-order chi connectivity index (χ0) is 13.6. The van der Waals surface area contributed by atoms with E-state index in [1.165, 1.54) is 4.90 Å². The quantitative estimate of drug-likeness (QED) is 0.878. The molecule has 0 radical (unpaired) electrons. The van der Waals surface area contributed by atoms with Crippen LogP contribution in [0.5, 0.6) is 0 Å². The molecule has 0 spiro atoms. The molecule has 1 unspecified atom stereocenters. The number of carbonyl (C=O) groups excluding carboxylic acids is 1. The summed E-state index contributed by atoms with van der Waals surface area (Å²) in [7, 11) is 1.68. The zero-order valence-corrected chi connectivity index (χ0v) is 11.9. The fraction of sp³-hybridized carbons (Fsp3) is 0.133. The van der Waals surface area contributed by atoms with E-state index in [0.717, 1.165) is 10.2 Å². The number of fused-ring (bicyclic) bond motifs is 1. The molecule has 3 nitrogen and oxygen atoms in total. The largest absolute Gasteiger partial charge is 0.372 e. The van der Waals surface area contributed by atoms with E-state index in [4.69, 9.17) is 0 Å². The Morgan fingerprint density at radius 3 is 2.53 bits per heavy atom.